The van der Waals surface area contributed by atoms with Crippen molar-refractivity contribution in [2.24, 2.45) is 10.8 Å². The summed E-state index contributed by atoms with van der Waals surface area (Å²) in [5.74, 6) is -0.992. The van der Waals surface area contributed by atoms with Gasteiger partial charge in [-0.3, -0.25) is 0 Å². The molecular weight excluding hydrogens is 268 g/mol. The minimum Gasteiger partial charge on any atom is -0.480 e. The maximum absolute atomic E-state index is 12.3. The first-order valence-electron chi connectivity index (χ1n) is 7.70. The Kier molecular flexibility index (Phi) is 5.29. The third-order valence-corrected chi connectivity index (χ3v) is 4.56. The second kappa shape index (κ2) is 6.24. The number of carbonyl (C=O) groups excluding carboxylic acids is 1. The highest BCUT2D eigenvalue weighted by Crippen LogP contribution is 2.36. The molecule has 0 unspecified atom stereocenters. The average Bonchev–Trinajstić information content (AvgIpc) is 2.33. The number of hydrogen-bond acceptors (Lipinski definition) is 2. The number of rotatable bonds is 3. The van der Waals surface area contributed by atoms with Gasteiger partial charge in [0.15, 0.2) is 0 Å². The lowest BCUT2D eigenvalue weighted by Gasteiger charge is -2.39. The number of carboxylic acid groups (broad SMARTS) is 1. The van der Waals surface area contributed by atoms with Crippen molar-refractivity contribution in [1.29, 1.82) is 0 Å². The minimum absolute atomic E-state index is 0.201. The number of carbonyl (C=O) groups is 2. The van der Waals surface area contributed by atoms with Crippen LogP contribution in [0.1, 0.15) is 60.3 Å². The second-order valence-corrected chi connectivity index (χ2v) is 8.09. The van der Waals surface area contributed by atoms with E-state index in [0.29, 0.717) is 5.41 Å². The molecule has 1 aliphatic carbocycles. The van der Waals surface area contributed by atoms with Gasteiger partial charge >= 0.3 is 12.0 Å². The number of nitrogens with zero attached hydrogens (tertiary/aromatic N) is 1. The summed E-state index contributed by atoms with van der Waals surface area (Å²) >= 11 is 0. The van der Waals surface area contributed by atoms with E-state index >= 15 is 0 Å². The molecule has 1 rings (SSSR count). The van der Waals surface area contributed by atoms with Crippen molar-refractivity contribution >= 4 is 12.0 Å². The summed E-state index contributed by atoms with van der Waals surface area (Å²) in [6.07, 6.45) is 4.14. The molecule has 0 aromatic heterocycles. The standard InChI is InChI=1S/C16H30N2O3/c1-15(2,3)12(13(19)20)17-14(21)18(6)11-7-9-16(4,5)10-8-11/h11-12H,7-10H2,1-6H3,(H,17,21)(H,19,20)/t12-/m0/s1. The molecule has 0 aliphatic heterocycles. The zero-order valence-corrected chi connectivity index (χ0v) is 14.2. The predicted octanol–water partition coefficient (Wildman–Crippen LogP) is 3.10. The summed E-state index contributed by atoms with van der Waals surface area (Å²) in [5, 5.41) is 11.9. The molecule has 0 aromatic carbocycles. The van der Waals surface area contributed by atoms with E-state index < -0.39 is 17.4 Å². The molecule has 2 N–H and O–H groups in total. The van der Waals surface area contributed by atoms with Crippen molar-refractivity contribution in [3.63, 3.8) is 0 Å². The molecule has 122 valence electrons. The number of aliphatic carboxylic acids is 1. The highest BCUT2D eigenvalue weighted by molar-refractivity contribution is 5.83. The fraction of sp³-hybridized carbons (Fsp3) is 0.875. The van der Waals surface area contributed by atoms with Crippen LogP contribution in [0.4, 0.5) is 4.79 Å². The maximum Gasteiger partial charge on any atom is 0.326 e. The Morgan fingerprint density at radius 2 is 1.71 bits per heavy atom. The van der Waals surface area contributed by atoms with Crippen LogP contribution in [-0.2, 0) is 4.79 Å². The van der Waals surface area contributed by atoms with Crippen molar-refractivity contribution in [2.45, 2.75) is 72.4 Å². The molecule has 0 saturated heterocycles. The first kappa shape index (κ1) is 17.8. The van der Waals surface area contributed by atoms with Gasteiger partial charge in [-0.15, -0.1) is 0 Å². The largest absolute Gasteiger partial charge is 0.480 e. The number of hydrogen-bond donors (Lipinski definition) is 2. The Balaban J connectivity index is 2.64. The van der Waals surface area contributed by atoms with Crippen molar-refractivity contribution in [3.05, 3.63) is 0 Å². The van der Waals surface area contributed by atoms with Crippen LogP contribution in [-0.4, -0.2) is 41.1 Å². The van der Waals surface area contributed by atoms with Crippen molar-refractivity contribution < 1.29 is 14.7 Å². The first-order valence-corrected chi connectivity index (χ1v) is 7.70. The molecule has 0 heterocycles. The fourth-order valence-corrected chi connectivity index (χ4v) is 2.81. The third-order valence-electron chi connectivity index (χ3n) is 4.56. The molecule has 5 heteroatoms. The number of amides is 2. The molecule has 0 aromatic rings. The Bertz CT molecular complexity index is 389. The highest BCUT2D eigenvalue weighted by atomic mass is 16.4. The Hall–Kier alpha value is -1.26. The van der Waals surface area contributed by atoms with E-state index in [9.17, 15) is 14.7 Å². The first-order chi connectivity index (χ1) is 9.44. The summed E-state index contributed by atoms with van der Waals surface area (Å²) < 4.78 is 0. The summed E-state index contributed by atoms with van der Waals surface area (Å²) in [5.41, 5.74) is -0.167. The number of nitrogens with one attached hydrogen (secondary N) is 1. The van der Waals surface area contributed by atoms with Crippen LogP contribution in [0.15, 0.2) is 0 Å². The summed E-state index contributed by atoms with van der Waals surface area (Å²) in [6.45, 7) is 9.95. The van der Waals surface area contributed by atoms with Gasteiger partial charge in [0.25, 0.3) is 0 Å². The average molecular weight is 298 g/mol. The monoisotopic (exact) mass is 298 g/mol. The van der Waals surface area contributed by atoms with Crippen LogP contribution < -0.4 is 5.32 Å². The van der Waals surface area contributed by atoms with E-state index in [2.05, 4.69) is 19.2 Å². The molecule has 0 spiro atoms. The predicted molar refractivity (Wildman–Crippen MR) is 83.2 cm³/mol. The van der Waals surface area contributed by atoms with E-state index in [4.69, 9.17) is 0 Å². The van der Waals surface area contributed by atoms with Crippen LogP contribution in [0.5, 0.6) is 0 Å². The normalized spacial score (nSPS) is 20.7. The van der Waals surface area contributed by atoms with Crippen LogP contribution in [0.3, 0.4) is 0 Å². The van der Waals surface area contributed by atoms with E-state index in [1.807, 2.05) is 20.8 Å². The molecule has 0 bridgehead atoms. The molecule has 1 fully saturated rings. The lowest BCUT2D eigenvalue weighted by atomic mass is 9.75. The molecule has 1 saturated carbocycles. The van der Waals surface area contributed by atoms with Crippen molar-refractivity contribution in [2.75, 3.05) is 7.05 Å². The van der Waals surface area contributed by atoms with E-state index in [0.717, 1.165) is 25.7 Å². The lowest BCUT2D eigenvalue weighted by Crippen LogP contribution is -2.54. The molecule has 21 heavy (non-hydrogen) atoms. The number of urea groups is 1. The molecule has 0 radical (unpaired) electrons. The summed E-state index contributed by atoms with van der Waals surface area (Å²) in [4.78, 5) is 25.3. The van der Waals surface area contributed by atoms with Gasteiger partial charge < -0.3 is 15.3 Å². The second-order valence-electron chi connectivity index (χ2n) is 8.09. The maximum atomic E-state index is 12.3. The van der Waals surface area contributed by atoms with Crippen LogP contribution in [0, 0.1) is 10.8 Å². The Morgan fingerprint density at radius 1 is 1.24 bits per heavy atom. The van der Waals surface area contributed by atoms with Crippen LogP contribution in [0.25, 0.3) is 0 Å². The van der Waals surface area contributed by atoms with Gasteiger partial charge in [0.1, 0.15) is 6.04 Å². The molecule has 1 atom stereocenters. The van der Waals surface area contributed by atoms with Gasteiger partial charge in [0.2, 0.25) is 0 Å². The zero-order chi connectivity index (χ0) is 16.4. The van der Waals surface area contributed by atoms with Gasteiger partial charge in [0.05, 0.1) is 0 Å². The molecular formula is C16H30N2O3. The Morgan fingerprint density at radius 3 is 2.10 bits per heavy atom. The topological polar surface area (TPSA) is 69.6 Å². The van der Waals surface area contributed by atoms with Crippen LogP contribution in [0.2, 0.25) is 0 Å². The molecule has 2 amide bonds. The Labute approximate surface area is 128 Å². The van der Waals surface area contributed by atoms with Gasteiger partial charge in [0, 0.05) is 13.1 Å². The van der Waals surface area contributed by atoms with Gasteiger partial charge in [-0.25, -0.2) is 9.59 Å². The van der Waals surface area contributed by atoms with Gasteiger partial charge in [-0.1, -0.05) is 34.6 Å². The van der Waals surface area contributed by atoms with Crippen molar-refractivity contribution in [1.82, 2.24) is 10.2 Å². The third kappa shape index (κ3) is 4.90. The minimum atomic E-state index is -0.992. The molecule has 1 aliphatic rings. The summed E-state index contributed by atoms with van der Waals surface area (Å²) in [7, 11) is 1.76. The lowest BCUT2D eigenvalue weighted by molar-refractivity contribution is -0.142. The van der Waals surface area contributed by atoms with Gasteiger partial charge in [-0.05, 0) is 36.5 Å². The van der Waals surface area contributed by atoms with Crippen LogP contribution >= 0.6 is 0 Å². The fourth-order valence-electron chi connectivity index (χ4n) is 2.81. The number of carboxylic acids is 1. The molecule has 5 nitrogen and oxygen atoms in total. The van der Waals surface area contributed by atoms with E-state index in [-0.39, 0.29) is 12.1 Å². The highest BCUT2D eigenvalue weighted by Gasteiger charge is 2.35. The SMILES string of the molecule is CN(C(=O)N[C@@H](C(=O)O)C(C)(C)C)C1CCC(C)(C)CC1. The quantitative estimate of drug-likeness (QED) is 0.841. The smallest absolute Gasteiger partial charge is 0.326 e. The summed E-state index contributed by atoms with van der Waals surface area (Å²) in [6, 6.07) is -0.970. The zero-order valence-electron chi connectivity index (χ0n) is 14.2. The van der Waals surface area contributed by atoms with E-state index in [1.54, 1.807) is 11.9 Å². The van der Waals surface area contributed by atoms with Gasteiger partial charge in [-0.2, -0.15) is 0 Å². The van der Waals surface area contributed by atoms with Crippen molar-refractivity contribution in [3.8, 4) is 0 Å². The van der Waals surface area contributed by atoms with E-state index in [1.165, 1.54) is 0 Å².